The van der Waals surface area contributed by atoms with Gasteiger partial charge in [0, 0.05) is 28.9 Å². The van der Waals surface area contributed by atoms with E-state index in [1.165, 1.54) is 5.56 Å². The maximum atomic E-state index is 12.3. The lowest BCUT2D eigenvalue weighted by Gasteiger charge is -2.20. The van der Waals surface area contributed by atoms with Gasteiger partial charge in [-0.05, 0) is 29.5 Å². The first-order valence-corrected chi connectivity index (χ1v) is 7.45. The fraction of sp³-hybridized carbons (Fsp3) is 0.263. The van der Waals surface area contributed by atoms with Crippen molar-refractivity contribution < 1.29 is 0 Å². The summed E-state index contributed by atoms with van der Waals surface area (Å²) in [7, 11) is 0. The number of halogens is 1. The van der Waals surface area contributed by atoms with Crippen molar-refractivity contribution in [3.8, 4) is 11.3 Å². The molecule has 0 amide bonds. The Labute approximate surface area is 142 Å². The Hall–Kier alpha value is -2.13. The lowest BCUT2D eigenvalue weighted by Crippen LogP contribution is -2.11. The van der Waals surface area contributed by atoms with Crippen molar-refractivity contribution >= 4 is 23.3 Å². The Morgan fingerprint density at radius 2 is 1.83 bits per heavy atom. The Balaban J connectivity index is 0.00000192. The smallest absolute Gasteiger partial charge is 0.190 e. The zero-order valence-electron chi connectivity index (χ0n) is 13.8. The summed E-state index contributed by atoms with van der Waals surface area (Å²) >= 11 is 0. The molecule has 1 N–H and O–H groups in total. The molecule has 1 aromatic carbocycles. The molecule has 0 aliphatic rings. The Morgan fingerprint density at radius 1 is 1.09 bits per heavy atom. The minimum atomic E-state index is 0. The molecule has 0 aliphatic carbocycles. The van der Waals surface area contributed by atoms with Crippen molar-refractivity contribution in [1.82, 2.24) is 9.97 Å². The second kappa shape index (κ2) is 6.17. The molecule has 3 rings (SSSR count). The van der Waals surface area contributed by atoms with Gasteiger partial charge in [0.2, 0.25) is 0 Å². The van der Waals surface area contributed by atoms with Crippen LogP contribution in [-0.2, 0) is 5.41 Å². The predicted octanol–water partition coefficient (Wildman–Crippen LogP) is 4.62. The number of aromatic amines is 1. The molecule has 4 heteroatoms. The molecule has 120 valence electrons. The number of aromatic nitrogens is 2. The molecular weight excluding hydrogens is 308 g/mol. The number of hydrogen-bond acceptors (Lipinski definition) is 2. The van der Waals surface area contributed by atoms with Gasteiger partial charge in [0.1, 0.15) is 0 Å². The zero-order valence-corrected chi connectivity index (χ0v) is 14.6. The summed E-state index contributed by atoms with van der Waals surface area (Å²) < 4.78 is 0. The van der Waals surface area contributed by atoms with Crippen LogP contribution < -0.4 is 5.43 Å². The first-order valence-electron chi connectivity index (χ1n) is 7.45. The molecule has 0 spiro atoms. The number of H-pyrrole nitrogens is 1. The molecule has 0 unspecified atom stereocenters. The number of fused-ring (bicyclic) bond motifs is 1. The van der Waals surface area contributed by atoms with Gasteiger partial charge in [-0.3, -0.25) is 9.78 Å². The van der Waals surface area contributed by atoms with Crippen molar-refractivity contribution in [3.05, 3.63) is 64.1 Å². The SMILES string of the molecule is Cc1cc(C(C)(C)C)ccc1-c1cc(=O)c2ccncc2[nH]1.Cl. The van der Waals surface area contributed by atoms with Crippen LogP contribution in [0.5, 0.6) is 0 Å². The van der Waals surface area contributed by atoms with Crippen LogP contribution in [0.4, 0.5) is 0 Å². The third-order valence-electron chi connectivity index (χ3n) is 4.01. The molecule has 2 heterocycles. The summed E-state index contributed by atoms with van der Waals surface area (Å²) in [5.41, 5.74) is 5.24. The summed E-state index contributed by atoms with van der Waals surface area (Å²) in [4.78, 5) is 19.7. The van der Waals surface area contributed by atoms with Crippen LogP contribution in [0, 0.1) is 6.92 Å². The highest BCUT2D eigenvalue weighted by atomic mass is 35.5. The fourth-order valence-electron chi connectivity index (χ4n) is 2.68. The lowest BCUT2D eigenvalue weighted by atomic mass is 9.85. The average Bonchev–Trinajstić information content (AvgIpc) is 2.46. The standard InChI is InChI=1S/C19H20N2O.ClH/c1-12-9-13(19(2,3)4)5-6-14(12)16-10-18(22)15-7-8-20-11-17(15)21-16;/h5-11H,1-4H3,(H,21,22);1H. The normalized spacial score (nSPS) is 11.3. The molecule has 0 radical (unpaired) electrons. The number of rotatable bonds is 1. The number of nitrogens with zero attached hydrogens (tertiary/aromatic N) is 1. The monoisotopic (exact) mass is 328 g/mol. The Morgan fingerprint density at radius 3 is 2.48 bits per heavy atom. The number of hydrogen-bond donors (Lipinski definition) is 1. The van der Waals surface area contributed by atoms with Crippen molar-refractivity contribution in [1.29, 1.82) is 0 Å². The van der Waals surface area contributed by atoms with Gasteiger partial charge in [-0.2, -0.15) is 0 Å². The van der Waals surface area contributed by atoms with E-state index in [1.807, 2.05) is 0 Å². The molecule has 23 heavy (non-hydrogen) atoms. The average molecular weight is 329 g/mol. The van der Waals surface area contributed by atoms with E-state index in [-0.39, 0.29) is 23.3 Å². The summed E-state index contributed by atoms with van der Waals surface area (Å²) in [6.07, 6.45) is 3.33. The van der Waals surface area contributed by atoms with Crippen molar-refractivity contribution in [2.24, 2.45) is 0 Å². The molecule has 0 aliphatic heterocycles. The molecule has 3 aromatic rings. The van der Waals surface area contributed by atoms with E-state index in [0.29, 0.717) is 5.39 Å². The van der Waals surface area contributed by atoms with Gasteiger partial charge in [-0.1, -0.05) is 39.0 Å². The van der Waals surface area contributed by atoms with E-state index < -0.39 is 0 Å². The third kappa shape index (κ3) is 3.30. The summed E-state index contributed by atoms with van der Waals surface area (Å²) in [5, 5.41) is 0.669. The zero-order chi connectivity index (χ0) is 15.9. The predicted molar refractivity (Wildman–Crippen MR) is 98.5 cm³/mol. The molecular formula is C19H21ClN2O. The Bertz CT molecular complexity index is 907. The summed E-state index contributed by atoms with van der Waals surface area (Å²) in [6, 6.07) is 9.83. The number of aryl methyl sites for hydroxylation is 1. The van der Waals surface area contributed by atoms with Crippen LogP contribution in [0.3, 0.4) is 0 Å². The van der Waals surface area contributed by atoms with Gasteiger partial charge in [-0.15, -0.1) is 12.4 Å². The van der Waals surface area contributed by atoms with Crippen LogP contribution in [0.2, 0.25) is 0 Å². The highest BCUT2D eigenvalue weighted by Crippen LogP contribution is 2.28. The van der Waals surface area contributed by atoms with Gasteiger partial charge >= 0.3 is 0 Å². The molecule has 0 fully saturated rings. The van der Waals surface area contributed by atoms with Gasteiger partial charge in [-0.25, -0.2) is 0 Å². The maximum absolute atomic E-state index is 12.3. The van der Waals surface area contributed by atoms with Crippen LogP contribution in [-0.4, -0.2) is 9.97 Å². The van der Waals surface area contributed by atoms with Gasteiger partial charge in [0.05, 0.1) is 11.7 Å². The maximum Gasteiger partial charge on any atom is 0.190 e. The van der Waals surface area contributed by atoms with Gasteiger partial charge in [0.15, 0.2) is 5.43 Å². The summed E-state index contributed by atoms with van der Waals surface area (Å²) in [5.74, 6) is 0. The second-order valence-electron chi connectivity index (χ2n) is 6.75. The second-order valence-corrected chi connectivity index (χ2v) is 6.75. The lowest BCUT2D eigenvalue weighted by molar-refractivity contribution is 0.590. The van der Waals surface area contributed by atoms with Crippen LogP contribution in [0.1, 0.15) is 31.9 Å². The van der Waals surface area contributed by atoms with Crippen molar-refractivity contribution in [2.75, 3.05) is 0 Å². The minimum Gasteiger partial charge on any atom is -0.353 e. The molecule has 3 nitrogen and oxygen atoms in total. The van der Waals surface area contributed by atoms with Crippen molar-refractivity contribution in [2.45, 2.75) is 33.1 Å². The highest BCUT2D eigenvalue weighted by Gasteiger charge is 2.15. The highest BCUT2D eigenvalue weighted by molar-refractivity contribution is 5.85. The van der Waals surface area contributed by atoms with Crippen molar-refractivity contribution in [3.63, 3.8) is 0 Å². The van der Waals surface area contributed by atoms with Crippen LogP contribution in [0.25, 0.3) is 22.2 Å². The van der Waals surface area contributed by atoms with E-state index in [0.717, 1.165) is 22.3 Å². The van der Waals surface area contributed by atoms with Gasteiger partial charge in [0.25, 0.3) is 0 Å². The molecule has 0 saturated carbocycles. The van der Waals surface area contributed by atoms with Crippen LogP contribution in [0.15, 0.2) is 47.5 Å². The molecule has 0 atom stereocenters. The first-order chi connectivity index (χ1) is 10.4. The fourth-order valence-corrected chi connectivity index (χ4v) is 2.68. The van der Waals surface area contributed by atoms with E-state index in [4.69, 9.17) is 0 Å². The number of benzene rings is 1. The largest absolute Gasteiger partial charge is 0.353 e. The van der Waals surface area contributed by atoms with E-state index in [2.05, 4.69) is 55.9 Å². The minimum absolute atomic E-state index is 0. The van der Waals surface area contributed by atoms with Crippen LogP contribution >= 0.6 is 12.4 Å². The van der Waals surface area contributed by atoms with E-state index in [1.54, 1.807) is 24.5 Å². The topological polar surface area (TPSA) is 45.8 Å². The summed E-state index contributed by atoms with van der Waals surface area (Å²) in [6.45, 7) is 8.68. The molecule has 0 saturated heterocycles. The first kappa shape index (κ1) is 17.2. The number of pyridine rings is 2. The van der Waals surface area contributed by atoms with Gasteiger partial charge < -0.3 is 4.98 Å². The number of nitrogens with one attached hydrogen (secondary N) is 1. The third-order valence-corrected chi connectivity index (χ3v) is 4.01. The quantitative estimate of drug-likeness (QED) is 0.708. The Kier molecular flexibility index (Phi) is 4.62. The molecule has 0 bridgehead atoms. The molecule has 2 aromatic heterocycles. The van der Waals surface area contributed by atoms with E-state index >= 15 is 0 Å². The van der Waals surface area contributed by atoms with E-state index in [9.17, 15) is 4.79 Å².